The second-order valence-corrected chi connectivity index (χ2v) is 2.32. The molecule has 1 rings (SSSR count). The van der Waals surface area contributed by atoms with Gasteiger partial charge in [0.1, 0.15) is 5.69 Å². The number of nitroso groups, excluding NO2 is 1. The first-order valence-electron chi connectivity index (χ1n) is 3.67. The zero-order valence-corrected chi connectivity index (χ0v) is 6.60. The summed E-state index contributed by atoms with van der Waals surface area (Å²) in [7, 11) is 0. The van der Waals surface area contributed by atoms with Gasteiger partial charge in [-0.2, -0.15) is 0 Å². The van der Waals surface area contributed by atoms with Crippen molar-refractivity contribution < 1.29 is 0 Å². The molecule has 12 heavy (non-hydrogen) atoms. The quantitative estimate of drug-likeness (QED) is 0.691. The summed E-state index contributed by atoms with van der Waals surface area (Å²) in [4.78, 5) is 10.0. The Bertz CT molecular complexity index is 277. The Labute approximate surface area is 70.9 Å². The van der Waals surface area contributed by atoms with Crippen molar-refractivity contribution in [3.05, 3.63) is 40.8 Å². The van der Waals surface area contributed by atoms with Crippen molar-refractivity contribution in [3.63, 3.8) is 0 Å². The standard InChI is InChI=1S/C9H10N2O/c10-7-1-2-8-3-5-9(11-12)6-4-8/h1-6H,7,10H2/b2-1+. The van der Waals surface area contributed by atoms with Crippen LogP contribution in [0.5, 0.6) is 0 Å². The topological polar surface area (TPSA) is 55.4 Å². The predicted molar refractivity (Wildman–Crippen MR) is 50.0 cm³/mol. The van der Waals surface area contributed by atoms with E-state index < -0.39 is 0 Å². The first kappa shape index (κ1) is 8.62. The molecule has 62 valence electrons. The molecular weight excluding hydrogens is 152 g/mol. The van der Waals surface area contributed by atoms with Crippen molar-refractivity contribution in [2.75, 3.05) is 6.54 Å². The summed E-state index contributed by atoms with van der Waals surface area (Å²) < 4.78 is 0. The first-order chi connectivity index (χ1) is 5.86. The minimum absolute atomic E-state index is 0.444. The van der Waals surface area contributed by atoms with Crippen LogP contribution in [-0.4, -0.2) is 6.54 Å². The molecule has 0 saturated heterocycles. The summed E-state index contributed by atoms with van der Waals surface area (Å²) in [5, 5.41) is 2.79. The molecule has 0 spiro atoms. The second-order valence-electron chi connectivity index (χ2n) is 2.32. The van der Waals surface area contributed by atoms with E-state index in [0.29, 0.717) is 12.2 Å². The number of nitrogens with zero attached hydrogens (tertiary/aromatic N) is 1. The van der Waals surface area contributed by atoms with Crippen LogP contribution in [0.4, 0.5) is 5.69 Å². The number of nitrogens with two attached hydrogens (primary N) is 1. The van der Waals surface area contributed by atoms with Crippen LogP contribution in [0.3, 0.4) is 0 Å². The van der Waals surface area contributed by atoms with Gasteiger partial charge in [0.2, 0.25) is 0 Å². The molecule has 0 aliphatic rings. The zero-order valence-electron chi connectivity index (χ0n) is 6.60. The highest BCUT2D eigenvalue weighted by atomic mass is 16.3. The molecule has 0 aliphatic heterocycles. The average molecular weight is 162 g/mol. The number of hydrogen-bond acceptors (Lipinski definition) is 3. The van der Waals surface area contributed by atoms with Gasteiger partial charge in [-0.3, -0.25) is 0 Å². The molecule has 1 aromatic carbocycles. The van der Waals surface area contributed by atoms with Gasteiger partial charge in [0.15, 0.2) is 0 Å². The lowest BCUT2D eigenvalue weighted by atomic mass is 10.2. The minimum atomic E-state index is 0.444. The summed E-state index contributed by atoms with van der Waals surface area (Å²) in [5.74, 6) is 0. The van der Waals surface area contributed by atoms with Gasteiger partial charge in [-0.1, -0.05) is 24.3 Å². The summed E-state index contributed by atoms with van der Waals surface area (Å²) in [5.41, 5.74) is 6.74. The second kappa shape index (κ2) is 4.41. The maximum atomic E-state index is 10.0. The molecule has 2 N–H and O–H groups in total. The summed E-state index contributed by atoms with van der Waals surface area (Å²) in [6, 6.07) is 6.98. The monoisotopic (exact) mass is 162 g/mol. The van der Waals surface area contributed by atoms with Crippen LogP contribution in [0, 0.1) is 4.91 Å². The maximum Gasteiger partial charge on any atom is 0.108 e. The largest absolute Gasteiger partial charge is 0.327 e. The van der Waals surface area contributed by atoms with Crippen molar-refractivity contribution in [3.8, 4) is 0 Å². The average Bonchev–Trinajstić information content (AvgIpc) is 2.15. The van der Waals surface area contributed by atoms with Gasteiger partial charge >= 0.3 is 0 Å². The van der Waals surface area contributed by atoms with Gasteiger partial charge in [0.25, 0.3) is 0 Å². The molecule has 0 bridgehead atoms. The summed E-state index contributed by atoms with van der Waals surface area (Å²) in [6.45, 7) is 0.522. The molecular formula is C9H10N2O. The van der Waals surface area contributed by atoms with E-state index in [0.717, 1.165) is 5.56 Å². The van der Waals surface area contributed by atoms with E-state index in [9.17, 15) is 4.91 Å². The van der Waals surface area contributed by atoms with Crippen LogP contribution < -0.4 is 5.73 Å². The van der Waals surface area contributed by atoms with E-state index in [1.165, 1.54) is 0 Å². The van der Waals surface area contributed by atoms with Gasteiger partial charge in [-0.25, -0.2) is 0 Å². The lowest BCUT2D eigenvalue weighted by Crippen LogP contribution is -1.91. The molecule has 0 heterocycles. The molecule has 3 heteroatoms. The molecule has 0 amide bonds. The fourth-order valence-electron chi connectivity index (χ4n) is 0.850. The van der Waals surface area contributed by atoms with Gasteiger partial charge in [-0.05, 0) is 22.9 Å². The smallest absolute Gasteiger partial charge is 0.108 e. The predicted octanol–water partition coefficient (Wildman–Crippen LogP) is 2.06. The van der Waals surface area contributed by atoms with Crippen molar-refractivity contribution in [2.24, 2.45) is 10.9 Å². The van der Waals surface area contributed by atoms with E-state index in [1.807, 2.05) is 24.3 Å². The first-order valence-corrected chi connectivity index (χ1v) is 3.67. The third-order valence-electron chi connectivity index (χ3n) is 1.44. The lowest BCUT2D eigenvalue weighted by molar-refractivity contribution is 1.26. The maximum absolute atomic E-state index is 10.0. The van der Waals surface area contributed by atoms with Crippen molar-refractivity contribution >= 4 is 11.8 Å². The van der Waals surface area contributed by atoms with E-state index in [1.54, 1.807) is 12.1 Å². The zero-order chi connectivity index (χ0) is 8.81. The van der Waals surface area contributed by atoms with Gasteiger partial charge in [0, 0.05) is 6.54 Å². The van der Waals surface area contributed by atoms with Gasteiger partial charge in [0.05, 0.1) is 0 Å². The molecule has 0 saturated carbocycles. The van der Waals surface area contributed by atoms with Crippen LogP contribution in [0.15, 0.2) is 35.5 Å². The Morgan fingerprint density at radius 3 is 2.50 bits per heavy atom. The Morgan fingerprint density at radius 2 is 2.00 bits per heavy atom. The van der Waals surface area contributed by atoms with Gasteiger partial charge < -0.3 is 5.73 Å². The number of hydrogen-bond donors (Lipinski definition) is 1. The van der Waals surface area contributed by atoms with Crippen LogP contribution >= 0.6 is 0 Å². The molecule has 0 unspecified atom stereocenters. The normalized spacial score (nSPS) is 10.4. The van der Waals surface area contributed by atoms with E-state index >= 15 is 0 Å². The molecule has 0 fully saturated rings. The highest BCUT2D eigenvalue weighted by molar-refractivity contribution is 5.53. The summed E-state index contributed by atoms with van der Waals surface area (Å²) >= 11 is 0. The highest BCUT2D eigenvalue weighted by Gasteiger charge is 1.88. The fourth-order valence-corrected chi connectivity index (χ4v) is 0.850. The Hall–Kier alpha value is -1.48. The van der Waals surface area contributed by atoms with Crippen LogP contribution in [0.1, 0.15) is 5.56 Å². The number of rotatable bonds is 3. The van der Waals surface area contributed by atoms with Crippen LogP contribution in [0.25, 0.3) is 6.08 Å². The van der Waals surface area contributed by atoms with Crippen LogP contribution in [0.2, 0.25) is 0 Å². The van der Waals surface area contributed by atoms with Gasteiger partial charge in [-0.15, -0.1) is 4.91 Å². The van der Waals surface area contributed by atoms with E-state index in [2.05, 4.69) is 5.18 Å². The van der Waals surface area contributed by atoms with Crippen molar-refractivity contribution in [1.29, 1.82) is 0 Å². The Kier molecular flexibility index (Phi) is 3.17. The SMILES string of the molecule is NC/C=C/c1ccc(N=O)cc1. The van der Waals surface area contributed by atoms with E-state index in [4.69, 9.17) is 5.73 Å². The third kappa shape index (κ3) is 2.29. The number of benzene rings is 1. The fraction of sp³-hybridized carbons (Fsp3) is 0.111. The molecule has 3 nitrogen and oxygen atoms in total. The van der Waals surface area contributed by atoms with E-state index in [-0.39, 0.29) is 0 Å². The molecule has 0 radical (unpaired) electrons. The third-order valence-corrected chi connectivity index (χ3v) is 1.44. The highest BCUT2D eigenvalue weighted by Crippen LogP contribution is 2.12. The Morgan fingerprint density at radius 1 is 1.33 bits per heavy atom. The minimum Gasteiger partial charge on any atom is -0.327 e. The molecule has 1 aromatic rings. The van der Waals surface area contributed by atoms with Crippen molar-refractivity contribution in [2.45, 2.75) is 0 Å². The van der Waals surface area contributed by atoms with Crippen molar-refractivity contribution in [1.82, 2.24) is 0 Å². The molecule has 0 aliphatic carbocycles. The lowest BCUT2D eigenvalue weighted by Gasteiger charge is -1.91. The Balaban J connectivity index is 2.77. The molecule has 0 atom stereocenters. The van der Waals surface area contributed by atoms with Crippen LogP contribution in [-0.2, 0) is 0 Å². The molecule has 0 aromatic heterocycles. The summed E-state index contributed by atoms with van der Waals surface area (Å²) in [6.07, 6.45) is 3.75.